The van der Waals surface area contributed by atoms with Gasteiger partial charge in [0.1, 0.15) is 4.90 Å². The van der Waals surface area contributed by atoms with E-state index >= 15 is 0 Å². The molecule has 114 valence electrons. The summed E-state index contributed by atoms with van der Waals surface area (Å²) < 4.78 is 29.7. The Morgan fingerprint density at radius 3 is 2.71 bits per heavy atom. The third kappa shape index (κ3) is 2.27. The highest BCUT2D eigenvalue weighted by Gasteiger charge is 2.32. The van der Waals surface area contributed by atoms with Crippen molar-refractivity contribution >= 4 is 20.9 Å². The van der Waals surface area contributed by atoms with Crippen LogP contribution in [-0.4, -0.2) is 43.0 Å². The molecule has 1 aromatic carbocycles. The van der Waals surface area contributed by atoms with Crippen LogP contribution >= 0.6 is 0 Å². The number of hydrogen-bond acceptors (Lipinski definition) is 3. The van der Waals surface area contributed by atoms with E-state index in [4.69, 9.17) is 0 Å². The maximum Gasteiger partial charge on any atom is 0.245 e. The molecule has 1 aliphatic rings. The zero-order chi connectivity index (χ0) is 15.2. The molecule has 3 rings (SSSR count). The van der Waals surface area contributed by atoms with E-state index in [1.165, 1.54) is 0 Å². The van der Waals surface area contributed by atoms with Gasteiger partial charge in [-0.3, -0.25) is 0 Å². The highest BCUT2D eigenvalue weighted by molar-refractivity contribution is 7.89. The molecule has 2 aromatic rings. The lowest BCUT2D eigenvalue weighted by atomic mass is 10.2. The number of benzene rings is 1. The number of rotatable bonds is 2. The van der Waals surface area contributed by atoms with Gasteiger partial charge in [-0.1, -0.05) is 18.2 Å². The zero-order valence-corrected chi connectivity index (χ0v) is 13.4. The van der Waals surface area contributed by atoms with Gasteiger partial charge in [0, 0.05) is 49.3 Å². The van der Waals surface area contributed by atoms with Crippen molar-refractivity contribution in [3.8, 4) is 0 Å². The van der Waals surface area contributed by atoms with Gasteiger partial charge < -0.3 is 9.88 Å². The summed E-state index contributed by atoms with van der Waals surface area (Å²) in [6.45, 7) is 5.63. The first-order valence-corrected chi connectivity index (χ1v) is 8.64. The van der Waals surface area contributed by atoms with Crippen molar-refractivity contribution in [3.05, 3.63) is 30.0 Å². The highest BCUT2D eigenvalue weighted by atomic mass is 32.2. The highest BCUT2D eigenvalue weighted by Crippen LogP contribution is 2.31. The Morgan fingerprint density at radius 1 is 1.29 bits per heavy atom. The van der Waals surface area contributed by atoms with Crippen LogP contribution in [0.2, 0.25) is 0 Å². The first-order chi connectivity index (χ1) is 9.93. The van der Waals surface area contributed by atoms with E-state index in [9.17, 15) is 8.42 Å². The van der Waals surface area contributed by atoms with E-state index in [0.717, 1.165) is 16.6 Å². The second-order valence-corrected chi connectivity index (χ2v) is 7.58. The number of nitrogens with zero attached hydrogens (tertiary/aromatic N) is 2. The van der Waals surface area contributed by atoms with Gasteiger partial charge in [0.25, 0.3) is 0 Å². The molecule has 1 fully saturated rings. The summed E-state index contributed by atoms with van der Waals surface area (Å²) in [4.78, 5) is 0.453. The fraction of sp³-hybridized carbons (Fsp3) is 0.467. The third-order valence-corrected chi connectivity index (χ3v) is 6.31. The van der Waals surface area contributed by atoms with Crippen LogP contribution in [0.4, 0.5) is 0 Å². The average Bonchev–Trinajstić information content (AvgIpc) is 2.72. The zero-order valence-electron chi connectivity index (χ0n) is 12.6. The van der Waals surface area contributed by atoms with Crippen molar-refractivity contribution in [2.45, 2.75) is 24.8 Å². The van der Waals surface area contributed by atoms with E-state index in [2.05, 4.69) is 5.32 Å². The summed E-state index contributed by atoms with van der Waals surface area (Å²) in [7, 11) is -1.55. The fourth-order valence-electron chi connectivity index (χ4n) is 3.06. The largest absolute Gasteiger partial charge is 0.347 e. The molecule has 0 amide bonds. The first kappa shape index (κ1) is 14.6. The lowest BCUT2D eigenvalue weighted by Crippen LogP contribution is -2.51. The Balaban J connectivity index is 2.17. The Kier molecular flexibility index (Phi) is 3.55. The lowest BCUT2D eigenvalue weighted by Gasteiger charge is -2.31. The number of fused-ring (bicyclic) bond motifs is 1. The van der Waals surface area contributed by atoms with Crippen LogP contribution < -0.4 is 5.32 Å². The molecule has 1 atom stereocenters. The smallest absolute Gasteiger partial charge is 0.245 e. The van der Waals surface area contributed by atoms with Gasteiger partial charge in [-0.15, -0.1) is 0 Å². The molecule has 5 nitrogen and oxygen atoms in total. The molecule has 1 aromatic heterocycles. The van der Waals surface area contributed by atoms with Crippen molar-refractivity contribution in [1.29, 1.82) is 0 Å². The molecule has 0 bridgehead atoms. The van der Waals surface area contributed by atoms with Gasteiger partial charge in [-0.2, -0.15) is 4.31 Å². The van der Waals surface area contributed by atoms with Crippen LogP contribution in [-0.2, 0) is 17.1 Å². The quantitative estimate of drug-likeness (QED) is 0.914. The molecule has 0 saturated carbocycles. The van der Waals surface area contributed by atoms with Crippen LogP contribution in [0.25, 0.3) is 10.9 Å². The average molecular weight is 307 g/mol. The number of hydrogen-bond donors (Lipinski definition) is 1. The number of aryl methyl sites for hydroxylation is 1. The van der Waals surface area contributed by atoms with Gasteiger partial charge in [-0.05, 0) is 19.9 Å². The van der Waals surface area contributed by atoms with E-state index in [0.29, 0.717) is 24.5 Å². The van der Waals surface area contributed by atoms with Crippen molar-refractivity contribution < 1.29 is 8.42 Å². The van der Waals surface area contributed by atoms with Crippen LogP contribution in [0.15, 0.2) is 29.2 Å². The summed E-state index contributed by atoms with van der Waals surface area (Å²) in [5, 5.41) is 4.09. The molecule has 2 heterocycles. The number of nitrogens with one attached hydrogen (secondary N) is 1. The predicted molar refractivity (Wildman–Crippen MR) is 83.9 cm³/mol. The monoisotopic (exact) mass is 307 g/mol. The minimum absolute atomic E-state index is 0.184. The van der Waals surface area contributed by atoms with Gasteiger partial charge in [0.2, 0.25) is 10.0 Å². The molecule has 1 aliphatic heterocycles. The lowest BCUT2D eigenvalue weighted by molar-refractivity contribution is 0.310. The summed E-state index contributed by atoms with van der Waals surface area (Å²) in [5.41, 5.74) is 1.75. The number of sulfonamides is 1. The van der Waals surface area contributed by atoms with E-state index < -0.39 is 10.0 Å². The van der Waals surface area contributed by atoms with Gasteiger partial charge in [-0.25, -0.2) is 8.42 Å². The minimum Gasteiger partial charge on any atom is -0.347 e. The third-order valence-electron chi connectivity index (χ3n) is 4.27. The Labute approximate surface area is 125 Å². The van der Waals surface area contributed by atoms with E-state index in [1.54, 1.807) is 4.31 Å². The molecule has 6 heteroatoms. The van der Waals surface area contributed by atoms with Gasteiger partial charge >= 0.3 is 0 Å². The summed E-state index contributed by atoms with van der Waals surface area (Å²) in [5.74, 6) is 0. The second-order valence-electron chi connectivity index (χ2n) is 5.71. The molecule has 21 heavy (non-hydrogen) atoms. The molecule has 0 radical (unpaired) electrons. The molecule has 1 N–H and O–H groups in total. The number of aromatic nitrogens is 1. The Bertz CT molecular complexity index is 780. The van der Waals surface area contributed by atoms with Crippen molar-refractivity contribution in [2.24, 2.45) is 7.05 Å². The normalized spacial score (nSPS) is 21.0. The van der Waals surface area contributed by atoms with Crippen molar-refractivity contribution in [1.82, 2.24) is 14.2 Å². The topological polar surface area (TPSA) is 54.3 Å². The first-order valence-electron chi connectivity index (χ1n) is 7.20. The van der Waals surface area contributed by atoms with Gasteiger partial charge in [0.05, 0.1) is 0 Å². The van der Waals surface area contributed by atoms with Crippen molar-refractivity contribution in [3.63, 3.8) is 0 Å². The van der Waals surface area contributed by atoms with Crippen LogP contribution in [0.1, 0.15) is 12.6 Å². The van der Waals surface area contributed by atoms with Crippen molar-refractivity contribution in [2.75, 3.05) is 19.6 Å². The van der Waals surface area contributed by atoms with Gasteiger partial charge in [0.15, 0.2) is 0 Å². The predicted octanol–water partition coefficient (Wildman–Crippen LogP) is 1.47. The second kappa shape index (κ2) is 5.12. The molecule has 0 spiro atoms. The Hall–Kier alpha value is -1.37. The maximum absolute atomic E-state index is 13.1. The van der Waals surface area contributed by atoms with E-state index in [1.807, 2.05) is 49.7 Å². The Morgan fingerprint density at radius 2 is 2.00 bits per heavy atom. The van der Waals surface area contributed by atoms with Crippen LogP contribution in [0.5, 0.6) is 0 Å². The molecule has 0 aliphatic carbocycles. The summed E-state index contributed by atoms with van der Waals surface area (Å²) in [6.07, 6.45) is 0. The van der Waals surface area contributed by atoms with E-state index in [-0.39, 0.29) is 6.04 Å². The fourth-order valence-corrected chi connectivity index (χ4v) is 5.03. The maximum atomic E-state index is 13.1. The van der Waals surface area contributed by atoms with Crippen LogP contribution in [0, 0.1) is 6.92 Å². The SMILES string of the molecule is Cc1c(S(=O)(=O)N2CCNC(C)C2)c2ccccc2n1C. The summed E-state index contributed by atoms with van der Waals surface area (Å²) in [6, 6.07) is 7.86. The molecule has 1 saturated heterocycles. The molecular formula is C15H21N3O2S. The van der Waals surface area contributed by atoms with Crippen LogP contribution in [0.3, 0.4) is 0 Å². The minimum atomic E-state index is -3.46. The summed E-state index contributed by atoms with van der Waals surface area (Å²) >= 11 is 0. The molecule has 1 unspecified atom stereocenters. The number of piperazine rings is 1. The molecular weight excluding hydrogens is 286 g/mol. The standard InChI is InChI=1S/C15H21N3O2S/c1-11-10-18(9-8-16-11)21(19,20)15-12(2)17(3)14-7-5-4-6-13(14)15/h4-7,11,16H,8-10H2,1-3H3. The number of para-hydroxylation sites is 1.